The van der Waals surface area contributed by atoms with E-state index in [2.05, 4.69) is 10.2 Å². The number of para-hydroxylation sites is 1. The Labute approximate surface area is 102 Å². The number of anilines is 1. The molecule has 0 radical (unpaired) electrons. The second-order valence-corrected chi connectivity index (χ2v) is 5.76. The molecule has 17 heavy (non-hydrogen) atoms. The van der Waals surface area contributed by atoms with Gasteiger partial charge in [-0.2, -0.15) is 0 Å². The molecular weight excluding hydrogens is 238 g/mol. The number of primary sulfonamides is 1. The molecule has 1 atom stereocenters. The van der Waals surface area contributed by atoms with Crippen LogP contribution in [0.2, 0.25) is 0 Å². The summed E-state index contributed by atoms with van der Waals surface area (Å²) in [6.45, 7) is 1.65. The van der Waals surface area contributed by atoms with Crippen LogP contribution in [-0.4, -0.2) is 34.6 Å². The zero-order valence-corrected chi connectivity index (χ0v) is 10.6. The van der Waals surface area contributed by atoms with Crippen LogP contribution in [-0.2, 0) is 10.0 Å². The summed E-state index contributed by atoms with van der Waals surface area (Å²) in [5, 5.41) is 8.42. The summed E-state index contributed by atoms with van der Waals surface area (Å²) in [5.74, 6) is 0. The minimum atomic E-state index is -3.66. The highest BCUT2D eigenvalue weighted by atomic mass is 32.2. The Balaban J connectivity index is 2.34. The van der Waals surface area contributed by atoms with Gasteiger partial charge in [0.25, 0.3) is 0 Å². The maximum Gasteiger partial charge on any atom is 0.240 e. The van der Waals surface area contributed by atoms with Gasteiger partial charge in [-0.25, -0.2) is 13.6 Å². The molecule has 1 saturated heterocycles. The van der Waals surface area contributed by atoms with E-state index in [-0.39, 0.29) is 4.90 Å². The van der Waals surface area contributed by atoms with E-state index >= 15 is 0 Å². The van der Waals surface area contributed by atoms with E-state index < -0.39 is 10.0 Å². The van der Waals surface area contributed by atoms with Gasteiger partial charge in [-0.15, -0.1) is 0 Å². The molecule has 1 fully saturated rings. The van der Waals surface area contributed by atoms with E-state index in [1.165, 1.54) is 0 Å². The Morgan fingerprint density at radius 2 is 2.12 bits per heavy atom. The average molecular weight is 255 g/mol. The zero-order valence-electron chi connectivity index (χ0n) is 9.76. The number of likely N-dealkylation sites (N-methyl/N-ethyl adjacent to an activating group) is 1. The molecule has 6 heteroatoms. The van der Waals surface area contributed by atoms with Gasteiger partial charge in [-0.05, 0) is 25.6 Å². The van der Waals surface area contributed by atoms with Crippen LogP contribution in [0, 0.1) is 0 Å². The second kappa shape index (κ2) is 4.64. The first kappa shape index (κ1) is 12.3. The van der Waals surface area contributed by atoms with Crippen molar-refractivity contribution < 1.29 is 8.42 Å². The first-order valence-electron chi connectivity index (χ1n) is 5.56. The molecule has 0 bridgehead atoms. The molecule has 1 aromatic rings. The van der Waals surface area contributed by atoms with Gasteiger partial charge in [-0.1, -0.05) is 12.1 Å². The van der Waals surface area contributed by atoms with Crippen LogP contribution in [0.1, 0.15) is 6.42 Å². The fourth-order valence-corrected chi connectivity index (χ4v) is 2.93. The van der Waals surface area contributed by atoms with Crippen molar-refractivity contribution in [3.63, 3.8) is 0 Å². The van der Waals surface area contributed by atoms with E-state index in [1.54, 1.807) is 18.2 Å². The summed E-state index contributed by atoms with van der Waals surface area (Å²) in [7, 11) is -1.74. The topological polar surface area (TPSA) is 75.4 Å². The maximum atomic E-state index is 11.5. The Morgan fingerprint density at radius 3 is 2.71 bits per heavy atom. The van der Waals surface area contributed by atoms with E-state index in [0.29, 0.717) is 11.7 Å². The molecule has 1 heterocycles. The summed E-state index contributed by atoms with van der Waals surface area (Å²) in [4.78, 5) is 2.26. The first-order chi connectivity index (χ1) is 8.02. The van der Waals surface area contributed by atoms with Crippen molar-refractivity contribution in [1.29, 1.82) is 0 Å². The molecule has 0 spiro atoms. The minimum absolute atomic E-state index is 0.205. The third-order valence-electron chi connectivity index (χ3n) is 3.11. The van der Waals surface area contributed by atoms with Crippen molar-refractivity contribution in [2.45, 2.75) is 17.4 Å². The van der Waals surface area contributed by atoms with E-state index in [1.807, 2.05) is 13.1 Å². The summed E-state index contributed by atoms with van der Waals surface area (Å²) >= 11 is 0. The summed E-state index contributed by atoms with van der Waals surface area (Å²) in [6, 6.07) is 7.28. The van der Waals surface area contributed by atoms with Gasteiger partial charge in [0, 0.05) is 19.1 Å². The van der Waals surface area contributed by atoms with Crippen LogP contribution in [0.25, 0.3) is 0 Å². The lowest BCUT2D eigenvalue weighted by molar-refractivity contribution is 0.597. The number of rotatable bonds is 3. The van der Waals surface area contributed by atoms with E-state index in [9.17, 15) is 8.42 Å². The lowest BCUT2D eigenvalue weighted by Gasteiger charge is -2.21. The Morgan fingerprint density at radius 1 is 1.41 bits per heavy atom. The smallest absolute Gasteiger partial charge is 0.240 e. The minimum Gasteiger partial charge on any atom is -0.369 e. The summed E-state index contributed by atoms with van der Waals surface area (Å²) in [6.07, 6.45) is 1.01. The molecule has 1 aliphatic rings. The SMILES string of the molecule is CNC1CCN(c2ccccc2S(N)(=O)=O)C1. The number of hydrogen-bond acceptors (Lipinski definition) is 4. The number of nitrogens with two attached hydrogens (primary N) is 1. The normalized spacial score (nSPS) is 20.8. The molecular formula is C11H17N3O2S. The van der Waals surface area contributed by atoms with Gasteiger partial charge in [-0.3, -0.25) is 0 Å². The van der Waals surface area contributed by atoms with Crippen molar-refractivity contribution in [3.05, 3.63) is 24.3 Å². The number of nitrogens with one attached hydrogen (secondary N) is 1. The summed E-state index contributed by atoms with van der Waals surface area (Å²) < 4.78 is 23.0. The van der Waals surface area contributed by atoms with Crippen molar-refractivity contribution in [2.24, 2.45) is 5.14 Å². The largest absolute Gasteiger partial charge is 0.369 e. The maximum absolute atomic E-state index is 11.5. The Kier molecular flexibility index (Phi) is 3.37. The van der Waals surface area contributed by atoms with Gasteiger partial charge < -0.3 is 10.2 Å². The quantitative estimate of drug-likeness (QED) is 0.805. The molecule has 0 saturated carbocycles. The average Bonchev–Trinajstić information content (AvgIpc) is 2.76. The van der Waals surface area contributed by atoms with Crippen LogP contribution in [0.5, 0.6) is 0 Å². The standard InChI is InChI=1S/C11H17N3O2S/c1-13-9-6-7-14(8-9)10-4-2-3-5-11(10)17(12,15)16/h2-5,9,13H,6-8H2,1H3,(H2,12,15,16). The first-order valence-corrected chi connectivity index (χ1v) is 7.11. The fourth-order valence-electron chi connectivity index (χ4n) is 2.17. The van der Waals surface area contributed by atoms with Crippen molar-refractivity contribution >= 4 is 15.7 Å². The lowest BCUT2D eigenvalue weighted by Crippen LogP contribution is -2.30. The van der Waals surface area contributed by atoms with E-state index in [0.717, 1.165) is 19.5 Å². The highest BCUT2D eigenvalue weighted by Crippen LogP contribution is 2.27. The van der Waals surface area contributed by atoms with Crippen molar-refractivity contribution in [3.8, 4) is 0 Å². The highest BCUT2D eigenvalue weighted by Gasteiger charge is 2.25. The van der Waals surface area contributed by atoms with Crippen LogP contribution >= 0.6 is 0 Å². The van der Waals surface area contributed by atoms with Gasteiger partial charge in [0.2, 0.25) is 10.0 Å². The van der Waals surface area contributed by atoms with Gasteiger partial charge in [0.1, 0.15) is 4.90 Å². The Hall–Kier alpha value is -1.11. The van der Waals surface area contributed by atoms with Gasteiger partial charge in [0.15, 0.2) is 0 Å². The number of benzene rings is 1. The second-order valence-electron chi connectivity index (χ2n) is 4.23. The van der Waals surface area contributed by atoms with Crippen LogP contribution in [0.4, 0.5) is 5.69 Å². The zero-order chi connectivity index (χ0) is 12.5. The molecule has 1 unspecified atom stereocenters. The fraction of sp³-hybridized carbons (Fsp3) is 0.455. The monoisotopic (exact) mass is 255 g/mol. The molecule has 1 aromatic carbocycles. The molecule has 5 nitrogen and oxygen atoms in total. The highest BCUT2D eigenvalue weighted by molar-refractivity contribution is 7.89. The summed E-state index contributed by atoms with van der Waals surface area (Å²) in [5.41, 5.74) is 0.702. The number of nitrogens with zero attached hydrogens (tertiary/aromatic N) is 1. The van der Waals surface area contributed by atoms with E-state index in [4.69, 9.17) is 5.14 Å². The molecule has 2 rings (SSSR count). The Bertz CT molecular complexity index is 501. The van der Waals surface area contributed by atoms with Crippen LogP contribution in [0.15, 0.2) is 29.2 Å². The predicted molar refractivity (Wildman–Crippen MR) is 67.5 cm³/mol. The van der Waals surface area contributed by atoms with Crippen LogP contribution < -0.4 is 15.4 Å². The molecule has 94 valence electrons. The molecule has 0 aliphatic carbocycles. The number of sulfonamides is 1. The van der Waals surface area contributed by atoms with Crippen molar-refractivity contribution in [2.75, 3.05) is 25.0 Å². The van der Waals surface area contributed by atoms with Crippen LogP contribution in [0.3, 0.4) is 0 Å². The third kappa shape index (κ3) is 2.59. The number of hydrogen-bond donors (Lipinski definition) is 2. The third-order valence-corrected chi connectivity index (χ3v) is 4.07. The van der Waals surface area contributed by atoms with Crippen molar-refractivity contribution in [1.82, 2.24) is 5.32 Å². The van der Waals surface area contributed by atoms with Gasteiger partial charge >= 0.3 is 0 Å². The molecule has 1 aliphatic heterocycles. The molecule has 0 aromatic heterocycles. The predicted octanol–water partition coefficient (Wildman–Crippen LogP) is 0.132. The molecule has 3 N–H and O–H groups in total. The van der Waals surface area contributed by atoms with Gasteiger partial charge in [0.05, 0.1) is 5.69 Å². The lowest BCUT2D eigenvalue weighted by atomic mass is 10.3. The molecule has 0 amide bonds.